The third-order valence-electron chi connectivity index (χ3n) is 3.59. The van der Waals surface area contributed by atoms with E-state index in [1.165, 1.54) is 0 Å². The molecular formula is C16H22ClN3OS. The number of hydrogen-bond donors (Lipinski definition) is 2. The molecule has 0 saturated heterocycles. The van der Waals surface area contributed by atoms with Crippen LogP contribution in [0.2, 0.25) is 0 Å². The minimum Gasteiger partial charge on any atom is -0.355 e. The van der Waals surface area contributed by atoms with E-state index < -0.39 is 0 Å². The van der Waals surface area contributed by atoms with Gasteiger partial charge in [0, 0.05) is 30.1 Å². The lowest BCUT2D eigenvalue weighted by atomic mass is 9.94. The van der Waals surface area contributed by atoms with E-state index >= 15 is 0 Å². The van der Waals surface area contributed by atoms with Gasteiger partial charge in [-0.05, 0) is 5.56 Å². The van der Waals surface area contributed by atoms with Gasteiger partial charge < -0.3 is 11.1 Å². The Morgan fingerprint density at radius 2 is 2.00 bits per heavy atom. The molecule has 3 N–H and O–H groups in total. The van der Waals surface area contributed by atoms with Crippen molar-refractivity contribution in [2.75, 3.05) is 6.54 Å². The lowest BCUT2D eigenvalue weighted by Crippen LogP contribution is -2.37. The number of halogens is 1. The van der Waals surface area contributed by atoms with Crippen molar-refractivity contribution in [3.05, 3.63) is 52.5 Å². The highest BCUT2D eigenvalue weighted by Gasteiger charge is 2.22. The van der Waals surface area contributed by atoms with Gasteiger partial charge in [0.15, 0.2) is 0 Å². The second-order valence-electron chi connectivity index (χ2n) is 5.24. The molecule has 0 aliphatic carbocycles. The van der Waals surface area contributed by atoms with E-state index in [1.54, 1.807) is 17.5 Å². The summed E-state index contributed by atoms with van der Waals surface area (Å²) in [5, 5.41) is 5.95. The zero-order valence-electron chi connectivity index (χ0n) is 12.7. The van der Waals surface area contributed by atoms with Gasteiger partial charge in [-0.2, -0.15) is 0 Å². The largest absolute Gasteiger partial charge is 0.355 e. The summed E-state index contributed by atoms with van der Waals surface area (Å²) in [6.07, 6.45) is 1.78. The zero-order valence-corrected chi connectivity index (χ0v) is 14.4. The normalized spacial score (nSPS) is 14.5. The summed E-state index contributed by atoms with van der Waals surface area (Å²) in [5.41, 5.74) is 7.15. The van der Waals surface area contributed by atoms with Gasteiger partial charge in [0.25, 0.3) is 0 Å². The fraction of sp³-hybridized carbons (Fsp3) is 0.375. The van der Waals surface area contributed by atoms with Crippen molar-refractivity contribution < 1.29 is 4.79 Å². The van der Waals surface area contributed by atoms with Crippen LogP contribution in [0.25, 0.3) is 0 Å². The summed E-state index contributed by atoms with van der Waals surface area (Å²) in [6, 6.07) is 9.42. The number of amides is 1. The van der Waals surface area contributed by atoms with E-state index in [-0.39, 0.29) is 36.2 Å². The molecular weight excluding hydrogens is 318 g/mol. The van der Waals surface area contributed by atoms with Crippen molar-refractivity contribution in [2.45, 2.75) is 25.8 Å². The van der Waals surface area contributed by atoms with E-state index in [2.05, 4.69) is 17.2 Å². The molecule has 2 rings (SSSR count). The van der Waals surface area contributed by atoms with Gasteiger partial charge in [-0.3, -0.25) is 4.79 Å². The van der Waals surface area contributed by atoms with Crippen molar-refractivity contribution in [3.63, 3.8) is 0 Å². The summed E-state index contributed by atoms with van der Waals surface area (Å²) in [5.74, 6) is -0.0697. The molecule has 22 heavy (non-hydrogen) atoms. The van der Waals surface area contributed by atoms with E-state index in [0.29, 0.717) is 6.54 Å². The van der Waals surface area contributed by atoms with Crippen LogP contribution in [0.15, 0.2) is 41.9 Å². The minimum atomic E-state index is -0.290. The lowest BCUT2D eigenvalue weighted by Gasteiger charge is -2.20. The Morgan fingerprint density at radius 3 is 2.59 bits per heavy atom. The molecule has 0 radical (unpaired) electrons. The molecule has 3 unspecified atom stereocenters. The van der Waals surface area contributed by atoms with Crippen LogP contribution in [0.1, 0.15) is 36.4 Å². The molecule has 0 aliphatic rings. The number of carbonyl (C=O) groups is 1. The van der Waals surface area contributed by atoms with E-state index in [0.717, 1.165) is 10.6 Å². The first-order valence-corrected chi connectivity index (χ1v) is 7.95. The van der Waals surface area contributed by atoms with Crippen LogP contribution in [-0.2, 0) is 4.79 Å². The summed E-state index contributed by atoms with van der Waals surface area (Å²) >= 11 is 1.61. The second-order valence-corrected chi connectivity index (χ2v) is 6.17. The Kier molecular flexibility index (Phi) is 7.51. The summed E-state index contributed by atoms with van der Waals surface area (Å²) in [6.45, 7) is 4.50. The third kappa shape index (κ3) is 4.80. The molecule has 1 heterocycles. The minimum absolute atomic E-state index is 0. The number of nitrogens with one attached hydrogen (secondary N) is 1. The number of nitrogens with zero attached hydrogens (tertiary/aromatic N) is 1. The van der Waals surface area contributed by atoms with Crippen molar-refractivity contribution in [2.24, 2.45) is 11.7 Å². The van der Waals surface area contributed by atoms with Gasteiger partial charge >= 0.3 is 0 Å². The first kappa shape index (κ1) is 18.6. The molecule has 1 aromatic carbocycles. The summed E-state index contributed by atoms with van der Waals surface area (Å²) < 4.78 is 0. The van der Waals surface area contributed by atoms with E-state index in [9.17, 15) is 4.79 Å². The molecule has 120 valence electrons. The number of rotatable bonds is 6. The molecule has 6 heteroatoms. The number of nitrogens with two attached hydrogens (primary N) is 1. The third-order valence-corrected chi connectivity index (χ3v) is 4.60. The van der Waals surface area contributed by atoms with Gasteiger partial charge in [0.05, 0.1) is 10.9 Å². The van der Waals surface area contributed by atoms with Crippen LogP contribution in [0.5, 0.6) is 0 Å². The molecule has 0 bridgehead atoms. The predicted molar refractivity (Wildman–Crippen MR) is 93.3 cm³/mol. The van der Waals surface area contributed by atoms with Crippen LogP contribution in [-0.4, -0.2) is 17.4 Å². The first-order valence-electron chi connectivity index (χ1n) is 7.07. The maximum absolute atomic E-state index is 12.2. The molecule has 1 aromatic heterocycles. The monoisotopic (exact) mass is 339 g/mol. The van der Waals surface area contributed by atoms with Crippen LogP contribution in [0, 0.1) is 5.92 Å². The van der Waals surface area contributed by atoms with Crippen LogP contribution >= 0.6 is 23.7 Å². The molecule has 1 amide bonds. The fourth-order valence-electron chi connectivity index (χ4n) is 2.11. The Bertz CT molecular complexity index is 562. The highest BCUT2D eigenvalue weighted by atomic mass is 35.5. The standard InChI is InChI=1S/C16H21N3OS.ClH/c1-11(16-18-8-9-21-16)10-19-15(20)12(2)14(17)13-6-4-3-5-7-13;/h3-9,11-12,14H,10,17H2,1-2H3,(H,19,20);1H. The molecule has 0 saturated carbocycles. The van der Waals surface area contributed by atoms with Gasteiger partial charge in [0.2, 0.25) is 5.91 Å². The molecule has 0 aliphatic heterocycles. The second kappa shape index (κ2) is 8.88. The van der Waals surface area contributed by atoms with Crippen molar-refractivity contribution in [1.29, 1.82) is 0 Å². The molecule has 3 atom stereocenters. The Balaban J connectivity index is 0.00000242. The quantitative estimate of drug-likeness (QED) is 0.849. The van der Waals surface area contributed by atoms with Crippen molar-refractivity contribution >= 4 is 29.7 Å². The van der Waals surface area contributed by atoms with Crippen LogP contribution in [0.3, 0.4) is 0 Å². The number of aromatic nitrogens is 1. The van der Waals surface area contributed by atoms with Crippen molar-refractivity contribution in [3.8, 4) is 0 Å². The average molecular weight is 340 g/mol. The molecule has 2 aromatic rings. The summed E-state index contributed by atoms with van der Waals surface area (Å²) in [4.78, 5) is 16.5. The average Bonchev–Trinajstić information content (AvgIpc) is 3.06. The maximum Gasteiger partial charge on any atom is 0.224 e. The van der Waals surface area contributed by atoms with Gasteiger partial charge in [0.1, 0.15) is 0 Å². The number of thiazole rings is 1. The first-order chi connectivity index (χ1) is 10.1. The Hall–Kier alpha value is -1.43. The SMILES string of the molecule is CC(CNC(=O)C(C)C(N)c1ccccc1)c1nccs1.Cl. The number of hydrogen-bond acceptors (Lipinski definition) is 4. The number of carbonyl (C=O) groups excluding carboxylic acids is 1. The predicted octanol–water partition coefficient (Wildman–Crippen LogP) is 3.12. The molecule has 4 nitrogen and oxygen atoms in total. The van der Waals surface area contributed by atoms with Gasteiger partial charge in [-0.15, -0.1) is 23.7 Å². The molecule has 0 fully saturated rings. The van der Waals surface area contributed by atoms with Gasteiger partial charge in [-0.25, -0.2) is 4.98 Å². The van der Waals surface area contributed by atoms with E-state index in [4.69, 9.17) is 5.73 Å². The zero-order chi connectivity index (χ0) is 15.2. The molecule has 0 spiro atoms. The van der Waals surface area contributed by atoms with Gasteiger partial charge in [-0.1, -0.05) is 44.2 Å². The highest BCUT2D eigenvalue weighted by molar-refractivity contribution is 7.09. The topological polar surface area (TPSA) is 68.0 Å². The Morgan fingerprint density at radius 1 is 1.32 bits per heavy atom. The van der Waals surface area contributed by atoms with Crippen molar-refractivity contribution in [1.82, 2.24) is 10.3 Å². The smallest absolute Gasteiger partial charge is 0.224 e. The Labute approximate surface area is 141 Å². The fourth-order valence-corrected chi connectivity index (χ4v) is 2.81. The van der Waals surface area contributed by atoms with Crippen LogP contribution < -0.4 is 11.1 Å². The lowest BCUT2D eigenvalue weighted by molar-refractivity contribution is -0.125. The summed E-state index contributed by atoms with van der Waals surface area (Å²) in [7, 11) is 0. The van der Waals surface area contributed by atoms with Crippen LogP contribution in [0.4, 0.5) is 0 Å². The van der Waals surface area contributed by atoms with E-state index in [1.807, 2.05) is 42.6 Å². The number of benzene rings is 1. The maximum atomic E-state index is 12.2. The highest BCUT2D eigenvalue weighted by Crippen LogP contribution is 2.20.